The van der Waals surface area contributed by atoms with Crippen LogP contribution in [0.15, 0.2) is 47.1 Å². The van der Waals surface area contributed by atoms with E-state index in [1.165, 1.54) is 6.07 Å². The van der Waals surface area contributed by atoms with Gasteiger partial charge in [-0.3, -0.25) is 10.1 Å². The van der Waals surface area contributed by atoms with Crippen molar-refractivity contribution < 1.29 is 9.34 Å². The highest BCUT2D eigenvalue weighted by molar-refractivity contribution is 5.35. The number of benzene rings is 1. The van der Waals surface area contributed by atoms with Crippen molar-refractivity contribution in [3.8, 4) is 0 Å². The summed E-state index contributed by atoms with van der Waals surface area (Å²) in [5.41, 5.74) is 0.984. The highest BCUT2D eigenvalue weighted by Crippen LogP contribution is 2.16. The van der Waals surface area contributed by atoms with E-state index < -0.39 is 4.92 Å². The number of nitro benzene ring substituents is 1. The first-order valence-electron chi connectivity index (χ1n) is 4.51. The van der Waals surface area contributed by atoms with E-state index in [2.05, 4.69) is 0 Å². The molecular weight excluding hydrogens is 194 g/mol. The second kappa shape index (κ2) is 3.96. The minimum absolute atomic E-state index is 0.110. The Hall–Kier alpha value is -2.10. The van der Waals surface area contributed by atoms with Gasteiger partial charge in [0.25, 0.3) is 5.69 Å². The smallest absolute Gasteiger partial charge is 0.269 e. The predicted molar refractivity (Wildman–Crippen MR) is 54.6 cm³/mol. The van der Waals surface area contributed by atoms with Crippen LogP contribution >= 0.6 is 0 Å². The van der Waals surface area contributed by atoms with Gasteiger partial charge in [0.15, 0.2) is 0 Å². The molecule has 0 radical (unpaired) electrons. The Balaban J connectivity index is 2.22. The van der Waals surface area contributed by atoms with Crippen LogP contribution in [0, 0.1) is 10.1 Å². The number of nitro groups is 1. The van der Waals surface area contributed by atoms with Crippen LogP contribution in [0.2, 0.25) is 0 Å². The average Bonchev–Trinajstić information content (AvgIpc) is 2.71. The summed E-state index contributed by atoms with van der Waals surface area (Å²) in [6, 6.07) is 10.2. The molecule has 0 amide bonds. The fourth-order valence-electron chi connectivity index (χ4n) is 1.39. The first-order valence-corrected chi connectivity index (χ1v) is 4.51. The first kappa shape index (κ1) is 9.45. The molecule has 0 N–H and O–H groups in total. The second-order valence-corrected chi connectivity index (χ2v) is 3.18. The Bertz CT molecular complexity index is 462. The van der Waals surface area contributed by atoms with Crippen molar-refractivity contribution >= 4 is 5.69 Å². The van der Waals surface area contributed by atoms with Gasteiger partial charge >= 0.3 is 0 Å². The number of furan rings is 1. The molecule has 0 unspecified atom stereocenters. The maximum Gasteiger partial charge on any atom is 0.269 e. The molecule has 1 aromatic carbocycles. The Morgan fingerprint density at radius 3 is 2.80 bits per heavy atom. The van der Waals surface area contributed by atoms with Crippen molar-refractivity contribution in [2.45, 2.75) is 6.42 Å². The molecule has 0 atom stereocenters. The van der Waals surface area contributed by atoms with E-state index in [9.17, 15) is 10.1 Å². The first-order chi connectivity index (χ1) is 7.25. The summed E-state index contributed by atoms with van der Waals surface area (Å²) in [6.07, 6.45) is 2.17. The highest BCUT2D eigenvalue weighted by atomic mass is 16.6. The Labute approximate surface area is 86.3 Å². The lowest BCUT2D eigenvalue weighted by Crippen LogP contribution is -1.90. The average molecular weight is 203 g/mol. The number of nitrogens with zero attached hydrogens (tertiary/aromatic N) is 1. The summed E-state index contributed by atoms with van der Waals surface area (Å²) >= 11 is 0. The molecule has 1 aromatic heterocycles. The molecule has 4 nitrogen and oxygen atoms in total. The van der Waals surface area contributed by atoms with Gasteiger partial charge in [-0.15, -0.1) is 0 Å². The predicted octanol–water partition coefficient (Wildman–Crippen LogP) is 2.78. The second-order valence-electron chi connectivity index (χ2n) is 3.18. The van der Waals surface area contributed by atoms with E-state index in [4.69, 9.17) is 4.42 Å². The molecule has 76 valence electrons. The van der Waals surface area contributed by atoms with Gasteiger partial charge in [0, 0.05) is 18.6 Å². The molecule has 0 aliphatic carbocycles. The lowest BCUT2D eigenvalue weighted by atomic mass is 10.1. The van der Waals surface area contributed by atoms with Crippen LogP contribution in [0.3, 0.4) is 0 Å². The number of hydrogen-bond donors (Lipinski definition) is 0. The molecular formula is C11H9NO3. The van der Waals surface area contributed by atoms with Crippen molar-refractivity contribution in [1.82, 2.24) is 0 Å². The molecule has 4 heteroatoms. The maximum atomic E-state index is 10.5. The van der Waals surface area contributed by atoms with E-state index in [-0.39, 0.29) is 5.69 Å². The third-order valence-corrected chi connectivity index (χ3v) is 2.08. The molecule has 1 heterocycles. The van der Waals surface area contributed by atoms with Crippen LogP contribution in [0.5, 0.6) is 0 Å². The van der Waals surface area contributed by atoms with Gasteiger partial charge in [-0.05, 0) is 17.7 Å². The topological polar surface area (TPSA) is 56.3 Å². The largest absolute Gasteiger partial charge is 0.469 e. The molecule has 2 rings (SSSR count). The van der Waals surface area contributed by atoms with Gasteiger partial charge < -0.3 is 4.42 Å². The number of non-ortho nitro benzene ring substituents is 1. The fourth-order valence-corrected chi connectivity index (χ4v) is 1.39. The Morgan fingerprint density at radius 1 is 1.27 bits per heavy atom. The SMILES string of the molecule is O=[N+]([O-])c1cccc(Cc2ccco2)c1. The summed E-state index contributed by atoms with van der Waals surface area (Å²) < 4.78 is 5.17. The number of rotatable bonds is 3. The zero-order chi connectivity index (χ0) is 10.7. The molecule has 0 saturated heterocycles. The quantitative estimate of drug-likeness (QED) is 0.569. The normalized spacial score (nSPS) is 10.1. The van der Waals surface area contributed by atoms with E-state index in [1.54, 1.807) is 24.5 Å². The molecule has 0 bridgehead atoms. The summed E-state index contributed by atoms with van der Waals surface area (Å²) in [5.74, 6) is 0.801. The third kappa shape index (κ3) is 2.22. The van der Waals surface area contributed by atoms with Crippen molar-refractivity contribution in [2.24, 2.45) is 0 Å². The van der Waals surface area contributed by atoms with Crippen molar-refractivity contribution in [1.29, 1.82) is 0 Å². The van der Waals surface area contributed by atoms with Gasteiger partial charge in [0.05, 0.1) is 11.2 Å². The van der Waals surface area contributed by atoms with Gasteiger partial charge in [-0.25, -0.2) is 0 Å². The van der Waals surface area contributed by atoms with Crippen LogP contribution in [-0.4, -0.2) is 4.92 Å². The van der Waals surface area contributed by atoms with Crippen LogP contribution < -0.4 is 0 Å². The monoisotopic (exact) mass is 203 g/mol. The molecule has 0 saturated carbocycles. The summed E-state index contributed by atoms with van der Waals surface area (Å²) in [5, 5.41) is 10.5. The van der Waals surface area contributed by atoms with Crippen molar-refractivity contribution in [3.63, 3.8) is 0 Å². The van der Waals surface area contributed by atoms with Gasteiger partial charge in [0.1, 0.15) is 5.76 Å². The summed E-state index contributed by atoms with van der Waals surface area (Å²) in [6.45, 7) is 0. The van der Waals surface area contributed by atoms with Crippen molar-refractivity contribution in [3.05, 3.63) is 64.1 Å². The van der Waals surface area contributed by atoms with E-state index in [1.807, 2.05) is 12.1 Å². The standard InChI is InChI=1S/C11H9NO3/c13-12(14)10-4-1-3-9(7-10)8-11-5-2-6-15-11/h1-7H,8H2. The third-order valence-electron chi connectivity index (χ3n) is 2.08. The zero-order valence-corrected chi connectivity index (χ0v) is 7.92. The van der Waals surface area contributed by atoms with Gasteiger partial charge in [-0.1, -0.05) is 12.1 Å². The molecule has 0 aliphatic heterocycles. The fraction of sp³-hybridized carbons (Fsp3) is 0.0909. The van der Waals surface area contributed by atoms with Gasteiger partial charge in [0.2, 0.25) is 0 Å². The zero-order valence-electron chi connectivity index (χ0n) is 7.92. The summed E-state index contributed by atoms with van der Waals surface area (Å²) in [7, 11) is 0. The molecule has 2 aromatic rings. The van der Waals surface area contributed by atoms with Crippen LogP contribution in [0.25, 0.3) is 0 Å². The van der Waals surface area contributed by atoms with Gasteiger partial charge in [-0.2, -0.15) is 0 Å². The molecule has 0 aliphatic rings. The minimum atomic E-state index is -0.397. The van der Waals surface area contributed by atoms with Crippen LogP contribution in [0.4, 0.5) is 5.69 Å². The summed E-state index contributed by atoms with van der Waals surface area (Å²) in [4.78, 5) is 10.1. The van der Waals surface area contributed by atoms with Crippen LogP contribution in [-0.2, 0) is 6.42 Å². The van der Waals surface area contributed by atoms with E-state index in [0.29, 0.717) is 6.42 Å². The lowest BCUT2D eigenvalue weighted by Gasteiger charge is -1.97. The molecule has 0 spiro atoms. The van der Waals surface area contributed by atoms with E-state index >= 15 is 0 Å². The highest BCUT2D eigenvalue weighted by Gasteiger charge is 2.06. The van der Waals surface area contributed by atoms with Crippen LogP contribution in [0.1, 0.15) is 11.3 Å². The lowest BCUT2D eigenvalue weighted by molar-refractivity contribution is -0.384. The molecule has 15 heavy (non-hydrogen) atoms. The minimum Gasteiger partial charge on any atom is -0.469 e. The molecule has 0 fully saturated rings. The Morgan fingerprint density at radius 2 is 2.13 bits per heavy atom. The maximum absolute atomic E-state index is 10.5. The van der Waals surface area contributed by atoms with E-state index in [0.717, 1.165) is 11.3 Å². The van der Waals surface area contributed by atoms with Crippen molar-refractivity contribution in [2.75, 3.05) is 0 Å². The Kier molecular flexibility index (Phi) is 2.49. The number of hydrogen-bond acceptors (Lipinski definition) is 3.